The molecule has 0 aliphatic heterocycles. The quantitative estimate of drug-likeness (QED) is 0.825. The molecule has 0 fully saturated rings. The summed E-state index contributed by atoms with van der Waals surface area (Å²) in [7, 11) is 1.84. The molecule has 4 heteroatoms. The van der Waals surface area contributed by atoms with Crippen LogP contribution in [-0.2, 0) is 6.54 Å². The summed E-state index contributed by atoms with van der Waals surface area (Å²) in [5, 5.41) is 10.9. The molecule has 1 aromatic carbocycles. The molecule has 0 bridgehead atoms. The van der Waals surface area contributed by atoms with E-state index in [0.29, 0.717) is 18.3 Å². The van der Waals surface area contributed by atoms with Crippen LogP contribution in [0.2, 0.25) is 0 Å². The predicted molar refractivity (Wildman–Crippen MR) is 57.2 cm³/mol. The molecular weight excluding hydrogens is 190 g/mol. The third-order valence-electron chi connectivity index (χ3n) is 2.09. The summed E-state index contributed by atoms with van der Waals surface area (Å²) >= 11 is 0. The van der Waals surface area contributed by atoms with E-state index in [1.165, 1.54) is 5.56 Å². The number of benzene rings is 1. The molecule has 0 saturated carbocycles. The number of aryl methyl sites for hydroxylation is 1. The molecule has 0 radical (unpaired) electrons. The average Bonchev–Trinajstić information content (AvgIpc) is 2.68. The van der Waals surface area contributed by atoms with E-state index in [2.05, 4.69) is 15.5 Å². The Morgan fingerprint density at radius 3 is 2.60 bits per heavy atom. The molecule has 1 heterocycles. The molecule has 0 atom stereocenters. The number of rotatable bonds is 3. The Kier molecular flexibility index (Phi) is 2.78. The molecule has 1 aromatic heterocycles. The lowest BCUT2D eigenvalue weighted by Gasteiger charge is -1.95. The molecule has 78 valence electrons. The number of hydrogen-bond acceptors (Lipinski definition) is 4. The van der Waals surface area contributed by atoms with Crippen molar-refractivity contribution in [3.05, 3.63) is 35.7 Å². The van der Waals surface area contributed by atoms with Crippen LogP contribution in [-0.4, -0.2) is 17.2 Å². The van der Waals surface area contributed by atoms with E-state index < -0.39 is 0 Å². The van der Waals surface area contributed by atoms with E-state index in [-0.39, 0.29) is 0 Å². The van der Waals surface area contributed by atoms with Crippen molar-refractivity contribution in [3.8, 4) is 11.5 Å². The zero-order chi connectivity index (χ0) is 10.7. The van der Waals surface area contributed by atoms with E-state index in [4.69, 9.17) is 4.42 Å². The number of nitrogens with zero attached hydrogens (tertiary/aromatic N) is 2. The lowest BCUT2D eigenvalue weighted by atomic mass is 10.1. The van der Waals surface area contributed by atoms with Gasteiger partial charge in [-0.15, -0.1) is 10.2 Å². The standard InChI is InChI=1S/C11H13N3O/c1-8-3-5-9(6-4-8)11-14-13-10(15-11)7-12-2/h3-6,12H,7H2,1-2H3. The van der Waals surface area contributed by atoms with E-state index in [0.717, 1.165) is 5.56 Å². The summed E-state index contributed by atoms with van der Waals surface area (Å²) in [6.45, 7) is 2.64. The Hall–Kier alpha value is -1.68. The monoisotopic (exact) mass is 203 g/mol. The predicted octanol–water partition coefficient (Wildman–Crippen LogP) is 1.76. The number of nitrogens with one attached hydrogen (secondary N) is 1. The molecule has 0 amide bonds. The van der Waals surface area contributed by atoms with Gasteiger partial charge in [0.25, 0.3) is 0 Å². The van der Waals surface area contributed by atoms with E-state index in [9.17, 15) is 0 Å². The third-order valence-corrected chi connectivity index (χ3v) is 2.09. The highest BCUT2D eigenvalue weighted by molar-refractivity contribution is 5.52. The SMILES string of the molecule is CNCc1nnc(-c2ccc(C)cc2)o1. The zero-order valence-electron chi connectivity index (χ0n) is 8.82. The Morgan fingerprint density at radius 1 is 1.20 bits per heavy atom. The number of hydrogen-bond donors (Lipinski definition) is 1. The Balaban J connectivity index is 2.25. The normalized spacial score (nSPS) is 10.5. The molecule has 2 aromatic rings. The van der Waals surface area contributed by atoms with Crippen LogP contribution in [0.15, 0.2) is 28.7 Å². The lowest BCUT2D eigenvalue weighted by Crippen LogP contribution is -2.04. The van der Waals surface area contributed by atoms with Gasteiger partial charge in [-0.1, -0.05) is 17.7 Å². The van der Waals surface area contributed by atoms with Crippen molar-refractivity contribution in [1.82, 2.24) is 15.5 Å². The second-order valence-electron chi connectivity index (χ2n) is 3.40. The molecular formula is C11H13N3O. The first-order chi connectivity index (χ1) is 7.29. The number of aromatic nitrogens is 2. The van der Waals surface area contributed by atoms with Gasteiger partial charge in [-0.25, -0.2) is 0 Å². The van der Waals surface area contributed by atoms with Crippen LogP contribution in [0.25, 0.3) is 11.5 Å². The van der Waals surface area contributed by atoms with Gasteiger partial charge in [-0.05, 0) is 26.1 Å². The summed E-state index contributed by atoms with van der Waals surface area (Å²) in [5.41, 5.74) is 2.17. The van der Waals surface area contributed by atoms with Crippen LogP contribution in [0.1, 0.15) is 11.5 Å². The molecule has 1 N–H and O–H groups in total. The largest absolute Gasteiger partial charge is 0.419 e. The summed E-state index contributed by atoms with van der Waals surface area (Å²) in [6, 6.07) is 8.01. The molecule has 0 unspecified atom stereocenters. The average molecular weight is 203 g/mol. The van der Waals surface area contributed by atoms with Crippen LogP contribution in [0.4, 0.5) is 0 Å². The highest BCUT2D eigenvalue weighted by Gasteiger charge is 2.06. The Morgan fingerprint density at radius 2 is 1.93 bits per heavy atom. The van der Waals surface area contributed by atoms with Crippen molar-refractivity contribution in [2.45, 2.75) is 13.5 Å². The van der Waals surface area contributed by atoms with Gasteiger partial charge in [0.15, 0.2) is 0 Å². The van der Waals surface area contributed by atoms with Crippen molar-refractivity contribution in [2.75, 3.05) is 7.05 Å². The molecule has 0 aliphatic rings. The fraction of sp³-hybridized carbons (Fsp3) is 0.273. The van der Waals surface area contributed by atoms with E-state index in [1.54, 1.807) is 0 Å². The smallest absolute Gasteiger partial charge is 0.247 e. The highest BCUT2D eigenvalue weighted by Crippen LogP contribution is 2.17. The van der Waals surface area contributed by atoms with Gasteiger partial charge in [-0.3, -0.25) is 0 Å². The molecule has 4 nitrogen and oxygen atoms in total. The fourth-order valence-electron chi connectivity index (χ4n) is 1.29. The van der Waals surface area contributed by atoms with Crippen LogP contribution in [0.5, 0.6) is 0 Å². The molecule has 0 spiro atoms. The van der Waals surface area contributed by atoms with Gasteiger partial charge >= 0.3 is 0 Å². The first-order valence-electron chi connectivity index (χ1n) is 4.83. The van der Waals surface area contributed by atoms with Crippen LogP contribution < -0.4 is 5.32 Å². The van der Waals surface area contributed by atoms with Crippen molar-refractivity contribution in [1.29, 1.82) is 0 Å². The first kappa shape index (κ1) is 9.86. The highest BCUT2D eigenvalue weighted by atomic mass is 16.4. The summed E-state index contributed by atoms with van der Waals surface area (Å²) in [4.78, 5) is 0. The van der Waals surface area contributed by atoms with E-state index >= 15 is 0 Å². The van der Waals surface area contributed by atoms with Crippen molar-refractivity contribution >= 4 is 0 Å². The topological polar surface area (TPSA) is 51.0 Å². The maximum absolute atomic E-state index is 5.47. The third kappa shape index (κ3) is 2.22. The minimum absolute atomic E-state index is 0.570. The maximum Gasteiger partial charge on any atom is 0.247 e. The van der Waals surface area contributed by atoms with Gasteiger partial charge in [-0.2, -0.15) is 0 Å². The van der Waals surface area contributed by atoms with Crippen LogP contribution in [0.3, 0.4) is 0 Å². The molecule has 0 aliphatic carbocycles. The van der Waals surface area contributed by atoms with Gasteiger partial charge in [0.05, 0.1) is 6.54 Å². The Labute approximate surface area is 88.3 Å². The van der Waals surface area contributed by atoms with Gasteiger partial charge < -0.3 is 9.73 Å². The van der Waals surface area contributed by atoms with E-state index in [1.807, 2.05) is 38.2 Å². The summed E-state index contributed by atoms with van der Waals surface area (Å²) in [5.74, 6) is 1.17. The van der Waals surface area contributed by atoms with Crippen LogP contribution in [0, 0.1) is 6.92 Å². The van der Waals surface area contributed by atoms with Gasteiger partial charge in [0.2, 0.25) is 11.8 Å². The summed E-state index contributed by atoms with van der Waals surface area (Å²) < 4.78 is 5.47. The van der Waals surface area contributed by atoms with Gasteiger partial charge in [0.1, 0.15) is 0 Å². The fourth-order valence-corrected chi connectivity index (χ4v) is 1.29. The zero-order valence-corrected chi connectivity index (χ0v) is 8.82. The Bertz CT molecular complexity index is 433. The van der Waals surface area contributed by atoms with Crippen LogP contribution >= 0.6 is 0 Å². The maximum atomic E-state index is 5.47. The second-order valence-corrected chi connectivity index (χ2v) is 3.40. The minimum Gasteiger partial charge on any atom is -0.419 e. The lowest BCUT2D eigenvalue weighted by molar-refractivity contribution is 0.490. The van der Waals surface area contributed by atoms with Crippen molar-refractivity contribution in [2.24, 2.45) is 0 Å². The second kappa shape index (κ2) is 4.23. The minimum atomic E-state index is 0.570. The first-order valence-corrected chi connectivity index (χ1v) is 4.83. The van der Waals surface area contributed by atoms with Crippen molar-refractivity contribution < 1.29 is 4.42 Å². The molecule has 2 rings (SSSR count). The van der Waals surface area contributed by atoms with Crippen molar-refractivity contribution in [3.63, 3.8) is 0 Å². The molecule has 0 saturated heterocycles. The van der Waals surface area contributed by atoms with Gasteiger partial charge in [0, 0.05) is 5.56 Å². The molecule has 15 heavy (non-hydrogen) atoms. The summed E-state index contributed by atoms with van der Waals surface area (Å²) in [6.07, 6.45) is 0.